The Morgan fingerprint density at radius 3 is 2.35 bits per heavy atom. The van der Waals surface area contributed by atoms with Gasteiger partial charge in [-0.05, 0) is 42.5 Å². The summed E-state index contributed by atoms with van der Waals surface area (Å²) in [5, 5.41) is 0.784. The van der Waals surface area contributed by atoms with Crippen LogP contribution in [0.25, 0.3) is 0 Å². The predicted octanol–water partition coefficient (Wildman–Crippen LogP) is 4.59. The van der Waals surface area contributed by atoms with Crippen molar-refractivity contribution in [3.05, 3.63) is 29.3 Å². The molecule has 0 heterocycles. The average molecular weight is 272 g/mol. The molecule has 3 heteroatoms. The van der Waals surface area contributed by atoms with E-state index in [-0.39, 0.29) is 6.04 Å². The molecule has 0 radical (unpaired) electrons. The molecule has 0 saturated carbocycles. The van der Waals surface area contributed by atoms with Crippen molar-refractivity contribution in [2.75, 3.05) is 5.75 Å². The van der Waals surface area contributed by atoms with Gasteiger partial charge in [-0.25, -0.2) is 0 Å². The summed E-state index contributed by atoms with van der Waals surface area (Å²) in [6, 6.07) is 8.21. The van der Waals surface area contributed by atoms with Crippen molar-refractivity contribution in [2.45, 2.75) is 44.6 Å². The third-order valence-corrected chi connectivity index (χ3v) is 4.00. The normalized spacial score (nSPS) is 13.7. The number of nitrogens with two attached hydrogens (primary N) is 1. The number of hydrogen-bond acceptors (Lipinski definition) is 2. The molecule has 0 aromatic heterocycles. The molecule has 1 nitrogen and oxygen atoms in total. The first-order valence-electron chi connectivity index (χ1n) is 6.01. The maximum absolute atomic E-state index is 6.11. The summed E-state index contributed by atoms with van der Waals surface area (Å²) in [6.07, 6.45) is 2.26. The summed E-state index contributed by atoms with van der Waals surface area (Å²) >= 11 is 7.64. The van der Waals surface area contributed by atoms with E-state index in [2.05, 4.69) is 20.8 Å². The van der Waals surface area contributed by atoms with E-state index in [1.54, 1.807) is 11.8 Å². The summed E-state index contributed by atoms with van der Waals surface area (Å²) < 4.78 is 0. The molecule has 1 aromatic carbocycles. The van der Waals surface area contributed by atoms with E-state index >= 15 is 0 Å². The van der Waals surface area contributed by atoms with Crippen molar-refractivity contribution in [2.24, 2.45) is 11.1 Å². The summed E-state index contributed by atoms with van der Waals surface area (Å²) in [6.45, 7) is 6.77. The lowest BCUT2D eigenvalue weighted by atomic mass is 9.89. The Labute approximate surface area is 114 Å². The topological polar surface area (TPSA) is 26.0 Å². The fraction of sp³-hybridized carbons (Fsp3) is 0.571. The van der Waals surface area contributed by atoms with Crippen molar-refractivity contribution >= 4 is 23.4 Å². The summed E-state index contributed by atoms with van der Waals surface area (Å²) in [5.41, 5.74) is 6.49. The van der Waals surface area contributed by atoms with Gasteiger partial charge in [0.15, 0.2) is 0 Å². The van der Waals surface area contributed by atoms with E-state index in [0.717, 1.165) is 17.2 Å². The SMILES string of the molecule is CC(C)(C)CCC(N)CSc1ccc(Cl)cc1. The first-order chi connectivity index (χ1) is 7.87. The van der Waals surface area contributed by atoms with Crippen LogP contribution in [0.4, 0.5) is 0 Å². The molecule has 0 bridgehead atoms. The molecule has 1 unspecified atom stereocenters. The Morgan fingerprint density at radius 1 is 1.24 bits per heavy atom. The smallest absolute Gasteiger partial charge is 0.0406 e. The molecule has 0 fully saturated rings. The van der Waals surface area contributed by atoms with Gasteiger partial charge in [0.2, 0.25) is 0 Å². The fourth-order valence-electron chi connectivity index (χ4n) is 1.44. The molecule has 0 saturated heterocycles. The zero-order valence-electron chi connectivity index (χ0n) is 10.9. The molecule has 0 aliphatic carbocycles. The minimum Gasteiger partial charge on any atom is -0.327 e. The van der Waals surface area contributed by atoms with E-state index in [1.165, 1.54) is 11.3 Å². The van der Waals surface area contributed by atoms with E-state index in [0.29, 0.717) is 5.41 Å². The second-order valence-electron chi connectivity index (χ2n) is 5.62. The predicted molar refractivity (Wildman–Crippen MR) is 78.8 cm³/mol. The Balaban J connectivity index is 2.28. The molecule has 0 amide bonds. The van der Waals surface area contributed by atoms with Gasteiger partial charge in [0.05, 0.1) is 0 Å². The van der Waals surface area contributed by atoms with E-state index in [4.69, 9.17) is 17.3 Å². The van der Waals surface area contributed by atoms with Gasteiger partial charge < -0.3 is 5.73 Å². The van der Waals surface area contributed by atoms with Gasteiger partial charge in [0, 0.05) is 21.7 Å². The van der Waals surface area contributed by atoms with Crippen LogP contribution in [0.5, 0.6) is 0 Å². The lowest BCUT2D eigenvalue weighted by molar-refractivity contribution is 0.353. The highest BCUT2D eigenvalue weighted by Gasteiger charge is 2.12. The molecule has 17 heavy (non-hydrogen) atoms. The van der Waals surface area contributed by atoms with Gasteiger partial charge >= 0.3 is 0 Å². The van der Waals surface area contributed by atoms with Crippen molar-refractivity contribution in [3.63, 3.8) is 0 Å². The molecule has 0 spiro atoms. The van der Waals surface area contributed by atoms with Crippen LogP contribution in [0.3, 0.4) is 0 Å². The fourth-order valence-corrected chi connectivity index (χ4v) is 2.46. The Morgan fingerprint density at radius 2 is 1.82 bits per heavy atom. The van der Waals surface area contributed by atoms with Crippen LogP contribution in [0.15, 0.2) is 29.2 Å². The molecule has 96 valence electrons. The second-order valence-corrected chi connectivity index (χ2v) is 7.15. The van der Waals surface area contributed by atoms with Crippen LogP contribution >= 0.6 is 23.4 Å². The van der Waals surface area contributed by atoms with Crippen molar-refractivity contribution in [3.8, 4) is 0 Å². The summed E-state index contributed by atoms with van der Waals surface area (Å²) in [5.74, 6) is 0.970. The van der Waals surface area contributed by atoms with Crippen molar-refractivity contribution in [1.29, 1.82) is 0 Å². The molecule has 0 aliphatic heterocycles. The van der Waals surface area contributed by atoms with E-state index in [9.17, 15) is 0 Å². The minimum atomic E-state index is 0.273. The van der Waals surface area contributed by atoms with Gasteiger partial charge in [-0.2, -0.15) is 0 Å². The number of halogens is 1. The van der Waals surface area contributed by atoms with Gasteiger partial charge in [0.1, 0.15) is 0 Å². The highest BCUT2D eigenvalue weighted by molar-refractivity contribution is 7.99. The zero-order chi connectivity index (χ0) is 12.9. The lowest BCUT2D eigenvalue weighted by Crippen LogP contribution is -2.24. The Kier molecular flexibility index (Phi) is 5.84. The lowest BCUT2D eigenvalue weighted by Gasteiger charge is -2.20. The monoisotopic (exact) mass is 271 g/mol. The van der Waals surface area contributed by atoms with Crippen molar-refractivity contribution < 1.29 is 0 Å². The number of thioether (sulfide) groups is 1. The third-order valence-electron chi connectivity index (χ3n) is 2.54. The summed E-state index contributed by atoms with van der Waals surface area (Å²) in [7, 11) is 0. The van der Waals surface area contributed by atoms with Gasteiger partial charge in [-0.15, -0.1) is 11.8 Å². The molecule has 1 rings (SSSR count). The van der Waals surface area contributed by atoms with Crippen molar-refractivity contribution in [1.82, 2.24) is 0 Å². The molecular weight excluding hydrogens is 250 g/mol. The van der Waals surface area contributed by atoms with Crippen LogP contribution in [0.2, 0.25) is 5.02 Å². The van der Waals surface area contributed by atoms with Gasteiger partial charge in [-0.1, -0.05) is 32.4 Å². The van der Waals surface area contributed by atoms with Crippen LogP contribution in [-0.4, -0.2) is 11.8 Å². The maximum Gasteiger partial charge on any atom is 0.0406 e. The van der Waals surface area contributed by atoms with Crippen LogP contribution in [0.1, 0.15) is 33.6 Å². The van der Waals surface area contributed by atoms with Crippen LogP contribution in [-0.2, 0) is 0 Å². The summed E-state index contributed by atoms with van der Waals surface area (Å²) in [4.78, 5) is 1.24. The highest BCUT2D eigenvalue weighted by atomic mass is 35.5. The number of benzene rings is 1. The molecule has 1 atom stereocenters. The first kappa shape index (κ1) is 14.9. The molecular formula is C14H22ClNS. The quantitative estimate of drug-likeness (QED) is 0.793. The Bertz CT molecular complexity index is 329. The number of rotatable bonds is 5. The number of hydrogen-bond donors (Lipinski definition) is 1. The van der Waals surface area contributed by atoms with Crippen LogP contribution < -0.4 is 5.73 Å². The largest absolute Gasteiger partial charge is 0.327 e. The van der Waals surface area contributed by atoms with Gasteiger partial charge in [0.25, 0.3) is 0 Å². The van der Waals surface area contributed by atoms with E-state index < -0.39 is 0 Å². The molecule has 2 N–H and O–H groups in total. The van der Waals surface area contributed by atoms with Gasteiger partial charge in [-0.3, -0.25) is 0 Å². The zero-order valence-corrected chi connectivity index (χ0v) is 12.4. The third kappa shape index (κ3) is 6.97. The standard InChI is InChI=1S/C14H22ClNS/c1-14(2,3)9-8-12(16)10-17-13-6-4-11(15)5-7-13/h4-7,12H,8-10,16H2,1-3H3. The van der Waals surface area contributed by atoms with Crippen LogP contribution in [0, 0.1) is 5.41 Å². The highest BCUT2D eigenvalue weighted by Crippen LogP contribution is 2.24. The minimum absolute atomic E-state index is 0.273. The second kappa shape index (κ2) is 6.67. The van der Waals surface area contributed by atoms with E-state index in [1.807, 2.05) is 24.3 Å². The molecule has 0 aliphatic rings. The first-order valence-corrected chi connectivity index (χ1v) is 7.37. The molecule has 1 aromatic rings. The average Bonchev–Trinajstić information content (AvgIpc) is 2.25. The maximum atomic E-state index is 6.11. The Hall–Kier alpha value is -0.180.